The molecule has 5 nitrogen and oxygen atoms in total. The lowest BCUT2D eigenvalue weighted by atomic mass is 10.2. The molecule has 0 saturated carbocycles. The maximum atomic E-state index is 13.5. The molecule has 23 heavy (non-hydrogen) atoms. The van der Waals surface area contributed by atoms with Crippen LogP contribution in [-0.2, 0) is 10.5 Å². The van der Waals surface area contributed by atoms with Gasteiger partial charge in [0.1, 0.15) is 23.6 Å². The third kappa shape index (κ3) is 4.78. The highest BCUT2D eigenvalue weighted by Crippen LogP contribution is 2.27. The third-order valence-corrected chi connectivity index (χ3v) is 4.01. The van der Waals surface area contributed by atoms with Gasteiger partial charge in [0, 0.05) is 11.5 Å². The fraction of sp³-hybridized carbons (Fsp3) is 0.438. The number of rotatable bonds is 7. The SMILES string of the molecule is CC(C)COC(C)c1noc(CSc2cccc(F)c2C#N)n1. The van der Waals surface area contributed by atoms with E-state index in [0.29, 0.717) is 34.9 Å². The lowest BCUT2D eigenvalue weighted by Gasteiger charge is -2.10. The first-order valence-corrected chi connectivity index (χ1v) is 8.25. The van der Waals surface area contributed by atoms with Crippen LogP contribution in [0.25, 0.3) is 0 Å². The van der Waals surface area contributed by atoms with Crippen LogP contribution >= 0.6 is 11.8 Å². The van der Waals surface area contributed by atoms with Crippen molar-refractivity contribution in [1.29, 1.82) is 5.26 Å². The van der Waals surface area contributed by atoms with E-state index < -0.39 is 5.82 Å². The average Bonchev–Trinajstić information content (AvgIpc) is 2.99. The van der Waals surface area contributed by atoms with E-state index >= 15 is 0 Å². The van der Waals surface area contributed by atoms with Crippen molar-refractivity contribution in [3.63, 3.8) is 0 Å². The van der Waals surface area contributed by atoms with Gasteiger partial charge in [-0.3, -0.25) is 0 Å². The number of thioether (sulfide) groups is 1. The zero-order chi connectivity index (χ0) is 16.8. The van der Waals surface area contributed by atoms with Crippen LogP contribution in [0.5, 0.6) is 0 Å². The van der Waals surface area contributed by atoms with Crippen molar-refractivity contribution in [2.45, 2.75) is 37.5 Å². The Morgan fingerprint density at radius 1 is 1.39 bits per heavy atom. The monoisotopic (exact) mass is 335 g/mol. The zero-order valence-corrected chi connectivity index (χ0v) is 14.1. The molecule has 0 N–H and O–H groups in total. The molecule has 2 aromatic rings. The molecule has 0 aliphatic carbocycles. The van der Waals surface area contributed by atoms with Gasteiger partial charge in [-0.1, -0.05) is 25.1 Å². The normalized spacial score (nSPS) is 12.3. The zero-order valence-electron chi connectivity index (χ0n) is 13.2. The van der Waals surface area contributed by atoms with Crippen LogP contribution in [0.2, 0.25) is 0 Å². The second kappa shape index (κ2) is 8.09. The van der Waals surface area contributed by atoms with E-state index in [0.717, 1.165) is 0 Å². The second-order valence-corrected chi connectivity index (χ2v) is 6.45. The molecule has 0 amide bonds. The molecule has 7 heteroatoms. The molecular weight excluding hydrogens is 317 g/mol. The first-order chi connectivity index (χ1) is 11.0. The van der Waals surface area contributed by atoms with E-state index in [-0.39, 0.29) is 11.7 Å². The molecule has 1 aromatic carbocycles. The number of hydrogen-bond acceptors (Lipinski definition) is 6. The topological polar surface area (TPSA) is 71.9 Å². The van der Waals surface area contributed by atoms with Gasteiger partial charge in [0.05, 0.1) is 5.75 Å². The lowest BCUT2D eigenvalue weighted by molar-refractivity contribution is 0.0402. The first-order valence-electron chi connectivity index (χ1n) is 7.26. The van der Waals surface area contributed by atoms with Gasteiger partial charge >= 0.3 is 0 Å². The van der Waals surface area contributed by atoms with Crippen molar-refractivity contribution in [2.24, 2.45) is 5.92 Å². The number of ether oxygens (including phenoxy) is 1. The summed E-state index contributed by atoms with van der Waals surface area (Å²) in [5.74, 6) is 1.16. The molecule has 1 atom stereocenters. The summed E-state index contributed by atoms with van der Waals surface area (Å²) >= 11 is 1.28. The number of hydrogen-bond donors (Lipinski definition) is 0. The minimum Gasteiger partial charge on any atom is -0.370 e. The summed E-state index contributed by atoms with van der Waals surface area (Å²) in [6.07, 6.45) is -0.247. The molecular formula is C16H18FN3O2S. The maximum Gasteiger partial charge on any atom is 0.237 e. The smallest absolute Gasteiger partial charge is 0.237 e. The van der Waals surface area contributed by atoms with Gasteiger partial charge in [-0.2, -0.15) is 10.2 Å². The second-order valence-electron chi connectivity index (χ2n) is 5.43. The summed E-state index contributed by atoms with van der Waals surface area (Å²) in [4.78, 5) is 4.83. The van der Waals surface area contributed by atoms with Crippen molar-refractivity contribution in [3.8, 4) is 6.07 Å². The molecule has 0 aliphatic rings. The summed E-state index contributed by atoms with van der Waals surface area (Å²) in [5.41, 5.74) is 0.0332. The fourth-order valence-corrected chi connectivity index (χ4v) is 2.63. The highest BCUT2D eigenvalue weighted by Gasteiger charge is 2.16. The van der Waals surface area contributed by atoms with Gasteiger partial charge in [-0.25, -0.2) is 4.39 Å². The van der Waals surface area contributed by atoms with E-state index in [1.807, 2.05) is 13.0 Å². The van der Waals surface area contributed by atoms with E-state index in [1.54, 1.807) is 12.1 Å². The van der Waals surface area contributed by atoms with Crippen LogP contribution in [0.15, 0.2) is 27.6 Å². The van der Waals surface area contributed by atoms with Crippen molar-refractivity contribution in [3.05, 3.63) is 41.3 Å². The van der Waals surface area contributed by atoms with Gasteiger partial charge in [-0.15, -0.1) is 11.8 Å². The summed E-state index contributed by atoms with van der Waals surface area (Å²) in [7, 11) is 0. The lowest BCUT2D eigenvalue weighted by Crippen LogP contribution is -2.07. The Hall–Kier alpha value is -1.91. The van der Waals surface area contributed by atoms with Gasteiger partial charge < -0.3 is 9.26 Å². The summed E-state index contributed by atoms with van der Waals surface area (Å²) in [6.45, 7) is 6.62. The van der Waals surface area contributed by atoms with Crippen LogP contribution in [0.1, 0.15) is 44.2 Å². The average molecular weight is 335 g/mol. The van der Waals surface area contributed by atoms with E-state index in [4.69, 9.17) is 14.5 Å². The summed E-state index contributed by atoms with van der Waals surface area (Å²) in [6, 6.07) is 6.39. The van der Waals surface area contributed by atoms with Gasteiger partial charge in [-0.05, 0) is 25.0 Å². The predicted molar refractivity (Wildman–Crippen MR) is 84.2 cm³/mol. The third-order valence-electron chi connectivity index (χ3n) is 2.97. The molecule has 1 aromatic heterocycles. The predicted octanol–water partition coefficient (Wildman–Crippen LogP) is 4.11. The quantitative estimate of drug-likeness (QED) is 0.709. The highest BCUT2D eigenvalue weighted by molar-refractivity contribution is 7.98. The van der Waals surface area contributed by atoms with Gasteiger partial charge in [0.2, 0.25) is 5.89 Å². The molecule has 2 rings (SSSR count). The molecule has 0 saturated heterocycles. The standard InChI is InChI=1S/C16H18FN3O2S/c1-10(2)8-21-11(3)16-19-15(22-20-16)9-23-14-6-4-5-13(17)12(14)7-18/h4-6,10-11H,8-9H2,1-3H3. The molecule has 0 spiro atoms. The van der Waals surface area contributed by atoms with Gasteiger partial charge in [0.25, 0.3) is 0 Å². The van der Waals surface area contributed by atoms with Gasteiger partial charge in [0.15, 0.2) is 5.82 Å². The number of benzene rings is 1. The van der Waals surface area contributed by atoms with Crippen molar-refractivity contribution < 1.29 is 13.7 Å². The Labute approximate surface area is 138 Å². The molecule has 122 valence electrons. The minimum atomic E-state index is -0.528. The Balaban J connectivity index is 1.98. The number of aromatic nitrogens is 2. The van der Waals surface area contributed by atoms with Crippen LogP contribution in [0.4, 0.5) is 4.39 Å². The summed E-state index contributed by atoms with van der Waals surface area (Å²) < 4.78 is 24.3. The largest absolute Gasteiger partial charge is 0.370 e. The van der Waals surface area contributed by atoms with E-state index in [2.05, 4.69) is 24.0 Å². The number of halogens is 1. The highest BCUT2D eigenvalue weighted by atomic mass is 32.2. The summed E-state index contributed by atoms with van der Waals surface area (Å²) in [5, 5.41) is 12.9. The molecule has 0 radical (unpaired) electrons. The Morgan fingerprint density at radius 3 is 2.87 bits per heavy atom. The molecule has 1 unspecified atom stereocenters. The van der Waals surface area contributed by atoms with Crippen molar-refractivity contribution in [2.75, 3.05) is 6.61 Å². The minimum absolute atomic E-state index is 0.0332. The molecule has 0 aliphatic heterocycles. The van der Waals surface area contributed by atoms with Crippen LogP contribution in [-0.4, -0.2) is 16.7 Å². The maximum absolute atomic E-state index is 13.5. The van der Waals surface area contributed by atoms with E-state index in [9.17, 15) is 4.39 Å². The van der Waals surface area contributed by atoms with Crippen LogP contribution < -0.4 is 0 Å². The molecule has 1 heterocycles. The van der Waals surface area contributed by atoms with Crippen molar-refractivity contribution >= 4 is 11.8 Å². The Bertz CT molecular complexity index is 697. The molecule has 0 fully saturated rings. The van der Waals surface area contributed by atoms with Crippen LogP contribution in [0.3, 0.4) is 0 Å². The number of nitrogens with zero attached hydrogens (tertiary/aromatic N) is 3. The van der Waals surface area contributed by atoms with Crippen molar-refractivity contribution in [1.82, 2.24) is 10.1 Å². The number of nitriles is 1. The van der Waals surface area contributed by atoms with E-state index in [1.165, 1.54) is 17.8 Å². The Morgan fingerprint density at radius 2 is 2.17 bits per heavy atom. The fourth-order valence-electron chi connectivity index (χ4n) is 1.78. The Kier molecular flexibility index (Phi) is 6.13. The molecule has 0 bridgehead atoms. The van der Waals surface area contributed by atoms with Crippen LogP contribution in [0, 0.1) is 23.1 Å². The first kappa shape index (κ1) is 17.4.